The number of nitrogens with zero attached hydrogens (tertiary/aromatic N) is 4. The van der Waals surface area contributed by atoms with Crippen LogP contribution >= 0.6 is 11.8 Å². The summed E-state index contributed by atoms with van der Waals surface area (Å²) in [4.78, 5) is 32.3. The quantitative estimate of drug-likeness (QED) is 0.679. The Morgan fingerprint density at radius 3 is 2.60 bits per heavy atom. The highest BCUT2D eigenvalue weighted by Gasteiger charge is 2.14. The second-order valence-corrected chi connectivity index (χ2v) is 6.47. The van der Waals surface area contributed by atoms with Gasteiger partial charge in [-0.05, 0) is 38.5 Å². The molecule has 2 aromatic heterocycles. The van der Waals surface area contributed by atoms with Crippen LogP contribution in [0.15, 0.2) is 5.16 Å². The summed E-state index contributed by atoms with van der Waals surface area (Å²) in [7, 11) is 0. The standard InChI is InChI=1S/C16H24N6O2S/c1-5-8-17-14(24)9-18-13(23)7-6-12-10(2)19-15-20-16(25-4)21-22(15)11(12)3/h5-9H2,1-4H3,(H,17,24)(H,18,23). The number of thioether (sulfide) groups is 1. The lowest BCUT2D eigenvalue weighted by Gasteiger charge is -2.10. The molecular weight excluding hydrogens is 340 g/mol. The highest BCUT2D eigenvalue weighted by molar-refractivity contribution is 7.98. The Hall–Kier alpha value is -2.16. The summed E-state index contributed by atoms with van der Waals surface area (Å²) < 4.78 is 1.71. The molecular formula is C16H24N6O2S. The lowest BCUT2D eigenvalue weighted by Crippen LogP contribution is -2.37. The number of aryl methyl sites for hydroxylation is 2. The average Bonchev–Trinajstić information content (AvgIpc) is 3.01. The van der Waals surface area contributed by atoms with E-state index in [1.54, 1.807) is 4.52 Å². The zero-order valence-corrected chi connectivity index (χ0v) is 15.9. The molecule has 2 amide bonds. The van der Waals surface area contributed by atoms with Crippen LogP contribution in [-0.2, 0) is 16.0 Å². The molecule has 0 saturated heterocycles. The third-order valence-electron chi connectivity index (χ3n) is 3.83. The van der Waals surface area contributed by atoms with Crippen molar-refractivity contribution in [1.29, 1.82) is 0 Å². The Morgan fingerprint density at radius 1 is 1.16 bits per heavy atom. The molecule has 9 heteroatoms. The predicted molar refractivity (Wildman–Crippen MR) is 96.7 cm³/mol. The van der Waals surface area contributed by atoms with Crippen molar-refractivity contribution in [2.45, 2.75) is 45.2 Å². The summed E-state index contributed by atoms with van der Waals surface area (Å²) in [6.45, 7) is 6.46. The molecule has 8 nitrogen and oxygen atoms in total. The van der Waals surface area contributed by atoms with Gasteiger partial charge < -0.3 is 10.6 Å². The first kappa shape index (κ1) is 19.2. The van der Waals surface area contributed by atoms with Crippen LogP contribution in [0.25, 0.3) is 5.78 Å². The number of carbonyl (C=O) groups excluding carboxylic acids is 2. The Morgan fingerprint density at radius 2 is 1.92 bits per heavy atom. The Kier molecular flexibility index (Phi) is 6.74. The minimum absolute atomic E-state index is 0.00818. The van der Waals surface area contributed by atoms with E-state index >= 15 is 0 Å². The van der Waals surface area contributed by atoms with Gasteiger partial charge >= 0.3 is 0 Å². The maximum Gasteiger partial charge on any atom is 0.253 e. The minimum Gasteiger partial charge on any atom is -0.355 e. The maximum absolute atomic E-state index is 12.0. The highest BCUT2D eigenvalue weighted by atomic mass is 32.2. The largest absolute Gasteiger partial charge is 0.355 e. The van der Waals surface area contributed by atoms with E-state index in [1.807, 2.05) is 27.0 Å². The van der Waals surface area contributed by atoms with Gasteiger partial charge in [0.15, 0.2) is 0 Å². The van der Waals surface area contributed by atoms with Gasteiger partial charge in [-0.25, -0.2) is 9.50 Å². The number of nitrogens with one attached hydrogen (secondary N) is 2. The van der Waals surface area contributed by atoms with Gasteiger partial charge in [0.2, 0.25) is 17.0 Å². The third-order valence-corrected chi connectivity index (χ3v) is 4.37. The van der Waals surface area contributed by atoms with Crippen LogP contribution in [0.1, 0.15) is 36.7 Å². The summed E-state index contributed by atoms with van der Waals surface area (Å²) in [6, 6.07) is 0. The highest BCUT2D eigenvalue weighted by Crippen LogP contribution is 2.17. The molecule has 136 valence electrons. The van der Waals surface area contributed by atoms with E-state index < -0.39 is 0 Å². The predicted octanol–water partition coefficient (Wildman–Crippen LogP) is 1.04. The Balaban J connectivity index is 1.98. The summed E-state index contributed by atoms with van der Waals surface area (Å²) >= 11 is 1.46. The normalized spacial score (nSPS) is 10.9. The van der Waals surface area contributed by atoms with Crippen molar-refractivity contribution in [3.05, 3.63) is 17.0 Å². The number of amides is 2. The molecule has 2 heterocycles. The van der Waals surface area contributed by atoms with Gasteiger partial charge in [0.1, 0.15) is 0 Å². The Labute approximate surface area is 151 Å². The van der Waals surface area contributed by atoms with Gasteiger partial charge in [0.25, 0.3) is 5.78 Å². The molecule has 0 aliphatic carbocycles. The fourth-order valence-corrected chi connectivity index (χ4v) is 2.81. The van der Waals surface area contributed by atoms with Gasteiger partial charge in [-0.1, -0.05) is 18.7 Å². The maximum atomic E-state index is 12.0. The minimum atomic E-state index is -0.169. The molecule has 0 unspecified atom stereocenters. The van der Waals surface area contributed by atoms with Crippen molar-refractivity contribution >= 4 is 29.4 Å². The van der Waals surface area contributed by atoms with E-state index in [9.17, 15) is 9.59 Å². The van der Waals surface area contributed by atoms with Gasteiger partial charge in [-0.3, -0.25) is 9.59 Å². The van der Waals surface area contributed by atoms with Crippen LogP contribution < -0.4 is 10.6 Å². The summed E-state index contributed by atoms with van der Waals surface area (Å²) in [6.07, 6.45) is 3.62. The second-order valence-electron chi connectivity index (χ2n) is 5.70. The molecule has 0 saturated carbocycles. The van der Waals surface area contributed by atoms with E-state index in [0.29, 0.717) is 30.3 Å². The number of fused-ring (bicyclic) bond motifs is 1. The molecule has 2 N–H and O–H groups in total. The molecule has 25 heavy (non-hydrogen) atoms. The van der Waals surface area contributed by atoms with Crippen molar-refractivity contribution < 1.29 is 9.59 Å². The van der Waals surface area contributed by atoms with Crippen LogP contribution in [-0.4, -0.2) is 50.7 Å². The zero-order chi connectivity index (χ0) is 18.4. The van der Waals surface area contributed by atoms with Crippen LogP contribution in [0, 0.1) is 13.8 Å². The van der Waals surface area contributed by atoms with E-state index in [-0.39, 0.29) is 18.4 Å². The van der Waals surface area contributed by atoms with E-state index in [4.69, 9.17) is 0 Å². The van der Waals surface area contributed by atoms with Crippen LogP contribution in [0.5, 0.6) is 0 Å². The molecule has 0 aromatic carbocycles. The van der Waals surface area contributed by atoms with Crippen molar-refractivity contribution in [1.82, 2.24) is 30.2 Å². The molecule has 0 radical (unpaired) electrons. The number of hydrogen-bond donors (Lipinski definition) is 2. The molecule has 0 spiro atoms. The molecule has 0 aliphatic rings. The fraction of sp³-hybridized carbons (Fsp3) is 0.562. The zero-order valence-electron chi connectivity index (χ0n) is 15.0. The molecule has 0 aliphatic heterocycles. The lowest BCUT2D eigenvalue weighted by atomic mass is 10.1. The topological polar surface area (TPSA) is 101 Å². The van der Waals surface area contributed by atoms with Crippen molar-refractivity contribution in [3.8, 4) is 0 Å². The van der Waals surface area contributed by atoms with Gasteiger partial charge in [0, 0.05) is 24.4 Å². The van der Waals surface area contributed by atoms with Gasteiger partial charge in [-0.15, -0.1) is 5.10 Å². The van der Waals surface area contributed by atoms with Gasteiger partial charge in [-0.2, -0.15) is 4.98 Å². The monoisotopic (exact) mass is 364 g/mol. The first-order valence-electron chi connectivity index (χ1n) is 8.26. The third kappa shape index (κ3) is 4.91. The smallest absolute Gasteiger partial charge is 0.253 e. The van der Waals surface area contributed by atoms with Crippen LogP contribution in [0.3, 0.4) is 0 Å². The van der Waals surface area contributed by atoms with Crippen molar-refractivity contribution in [3.63, 3.8) is 0 Å². The number of aromatic nitrogens is 4. The molecule has 0 bridgehead atoms. The summed E-state index contributed by atoms with van der Waals surface area (Å²) in [5, 5.41) is 10.4. The van der Waals surface area contributed by atoms with E-state index in [0.717, 1.165) is 23.4 Å². The number of hydrogen-bond acceptors (Lipinski definition) is 6. The summed E-state index contributed by atoms with van der Waals surface area (Å²) in [5.41, 5.74) is 2.76. The van der Waals surface area contributed by atoms with Gasteiger partial charge in [0.05, 0.1) is 6.54 Å². The van der Waals surface area contributed by atoms with Crippen molar-refractivity contribution in [2.24, 2.45) is 0 Å². The molecule has 0 fully saturated rings. The fourth-order valence-electron chi connectivity index (χ4n) is 2.47. The first-order valence-corrected chi connectivity index (χ1v) is 9.49. The SMILES string of the molecule is CCCNC(=O)CNC(=O)CCc1c(C)nc2nc(SC)nn2c1C. The number of rotatable bonds is 8. The van der Waals surface area contributed by atoms with E-state index in [1.165, 1.54) is 11.8 Å². The van der Waals surface area contributed by atoms with E-state index in [2.05, 4.69) is 25.7 Å². The average molecular weight is 364 g/mol. The van der Waals surface area contributed by atoms with Crippen molar-refractivity contribution in [2.75, 3.05) is 19.3 Å². The molecule has 2 aromatic rings. The Bertz CT molecular complexity index is 774. The lowest BCUT2D eigenvalue weighted by molar-refractivity contribution is -0.126. The molecule has 0 atom stereocenters. The second kappa shape index (κ2) is 8.80. The summed E-state index contributed by atoms with van der Waals surface area (Å²) in [5.74, 6) is 0.243. The first-order chi connectivity index (χ1) is 12.0. The van der Waals surface area contributed by atoms with Crippen LogP contribution in [0.2, 0.25) is 0 Å². The number of carbonyl (C=O) groups is 2. The van der Waals surface area contributed by atoms with Crippen LogP contribution in [0.4, 0.5) is 0 Å². The molecule has 2 rings (SSSR count).